The number of aryl methyl sites for hydroxylation is 1. The molecule has 0 aliphatic heterocycles. The van der Waals surface area contributed by atoms with E-state index in [9.17, 15) is 14.9 Å². The van der Waals surface area contributed by atoms with Crippen molar-refractivity contribution in [3.63, 3.8) is 0 Å². The van der Waals surface area contributed by atoms with Crippen LogP contribution in [0.2, 0.25) is 0 Å². The average molecular weight is 281 g/mol. The summed E-state index contributed by atoms with van der Waals surface area (Å²) in [7, 11) is 1.61. The topological polar surface area (TPSA) is 93.5 Å². The Morgan fingerprint density at radius 2 is 2.10 bits per heavy atom. The molecule has 110 valence electrons. The number of carbonyl (C=O) groups excluding carboxylic acids is 1. The van der Waals surface area contributed by atoms with Gasteiger partial charge in [-0.3, -0.25) is 14.9 Å². The second-order valence-corrected chi connectivity index (χ2v) is 4.28. The first kappa shape index (κ1) is 16.1. The van der Waals surface area contributed by atoms with Crippen LogP contribution in [-0.2, 0) is 4.74 Å². The van der Waals surface area contributed by atoms with Crippen molar-refractivity contribution in [2.75, 3.05) is 33.4 Å². The van der Waals surface area contributed by atoms with E-state index in [1.807, 2.05) is 0 Å². The highest BCUT2D eigenvalue weighted by Crippen LogP contribution is 2.19. The fraction of sp³-hybridized carbons (Fsp3) is 0.462. The standard InChI is InChI=1S/C13H19N3O4/c1-10-3-4-12(16(18)19)11(9-10)13(17)15-6-5-14-7-8-20-2/h3-4,9,14H,5-8H2,1-2H3,(H,15,17). The summed E-state index contributed by atoms with van der Waals surface area (Å²) < 4.78 is 4.87. The molecule has 0 aromatic heterocycles. The average Bonchev–Trinajstić information content (AvgIpc) is 2.42. The highest BCUT2D eigenvalue weighted by Gasteiger charge is 2.19. The van der Waals surface area contributed by atoms with Crippen molar-refractivity contribution in [2.24, 2.45) is 0 Å². The molecule has 7 heteroatoms. The number of nitro groups is 1. The van der Waals surface area contributed by atoms with Gasteiger partial charge in [0.1, 0.15) is 5.56 Å². The van der Waals surface area contributed by atoms with E-state index in [2.05, 4.69) is 10.6 Å². The van der Waals surface area contributed by atoms with Crippen LogP contribution in [0.25, 0.3) is 0 Å². The minimum Gasteiger partial charge on any atom is -0.383 e. The van der Waals surface area contributed by atoms with Crippen LogP contribution in [-0.4, -0.2) is 44.2 Å². The number of rotatable bonds is 8. The Balaban J connectivity index is 2.54. The van der Waals surface area contributed by atoms with E-state index in [1.165, 1.54) is 12.1 Å². The van der Waals surface area contributed by atoms with Crippen molar-refractivity contribution in [3.8, 4) is 0 Å². The lowest BCUT2D eigenvalue weighted by atomic mass is 10.1. The molecular formula is C13H19N3O4. The van der Waals surface area contributed by atoms with Gasteiger partial charge in [0.2, 0.25) is 0 Å². The number of ether oxygens (including phenoxy) is 1. The van der Waals surface area contributed by atoms with Crippen LogP contribution in [0.3, 0.4) is 0 Å². The van der Waals surface area contributed by atoms with Gasteiger partial charge in [0, 0.05) is 32.8 Å². The maximum absolute atomic E-state index is 11.9. The summed E-state index contributed by atoms with van der Waals surface area (Å²) >= 11 is 0. The van der Waals surface area contributed by atoms with E-state index in [-0.39, 0.29) is 11.3 Å². The quantitative estimate of drug-likeness (QED) is 0.419. The largest absolute Gasteiger partial charge is 0.383 e. The molecule has 0 radical (unpaired) electrons. The normalized spacial score (nSPS) is 10.3. The SMILES string of the molecule is COCCNCCNC(=O)c1cc(C)ccc1[N+](=O)[O-]. The van der Waals surface area contributed by atoms with Gasteiger partial charge in [0.05, 0.1) is 11.5 Å². The Kier molecular flexibility index (Phi) is 6.61. The summed E-state index contributed by atoms with van der Waals surface area (Å²) in [6.45, 7) is 4.05. The van der Waals surface area contributed by atoms with Gasteiger partial charge in [-0.15, -0.1) is 0 Å². The van der Waals surface area contributed by atoms with Crippen molar-refractivity contribution < 1.29 is 14.5 Å². The molecule has 0 unspecified atom stereocenters. The molecule has 7 nitrogen and oxygen atoms in total. The van der Waals surface area contributed by atoms with Crippen LogP contribution in [0.4, 0.5) is 5.69 Å². The summed E-state index contributed by atoms with van der Waals surface area (Å²) in [6.07, 6.45) is 0. The molecular weight excluding hydrogens is 262 g/mol. The summed E-state index contributed by atoms with van der Waals surface area (Å²) in [5, 5.41) is 16.6. The fourth-order valence-electron chi connectivity index (χ4n) is 1.65. The number of nitrogens with zero attached hydrogens (tertiary/aromatic N) is 1. The van der Waals surface area contributed by atoms with E-state index in [4.69, 9.17) is 4.74 Å². The van der Waals surface area contributed by atoms with Gasteiger partial charge in [0.15, 0.2) is 0 Å². The highest BCUT2D eigenvalue weighted by atomic mass is 16.6. The summed E-state index contributed by atoms with van der Waals surface area (Å²) in [4.78, 5) is 22.3. The van der Waals surface area contributed by atoms with Gasteiger partial charge < -0.3 is 15.4 Å². The van der Waals surface area contributed by atoms with Crippen LogP contribution in [0.5, 0.6) is 0 Å². The second-order valence-electron chi connectivity index (χ2n) is 4.28. The number of hydrogen-bond acceptors (Lipinski definition) is 5. The summed E-state index contributed by atoms with van der Waals surface area (Å²) in [5.41, 5.74) is 0.714. The summed E-state index contributed by atoms with van der Waals surface area (Å²) in [5.74, 6) is -0.436. The number of hydrogen-bond donors (Lipinski definition) is 2. The molecule has 0 bridgehead atoms. The molecule has 1 rings (SSSR count). The van der Waals surface area contributed by atoms with Crippen molar-refractivity contribution in [3.05, 3.63) is 39.4 Å². The third-order valence-electron chi connectivity index (χ3n) is 2.66. The van der Waals surface area contributed by atoms with Crippen LogP contribution >= 0.6 is 0 Å². The number of benzene rings is 1. The van der Waals surface area contributed by atoms with Gasteiger partial charge in [0.25, 0.3) is 11.6 Å². The lowest BCUT2D eigenvalue weighted by Gasteiger charge is -2.07. The van der Waals surface area contributed by atoms with E-state index in [0.29, 0.717) is 26.2 Å². The molecule has 0 aliphatic rings. The van der Waals surface area contributed by atoms with Crippen LogP contribution < -0.4 is 10.6 Å². The number of methoxy groups -OCH3 is 1. The smallest absolute Gasteiger partial charge is 0.282 e. The lowest BCUT2D eigenvalue weighted by Crippen LogP contribution is -2.33. The Morgan fingerprint density at radius 1 is 1.35 bits per heavy atom. The van der Waals surface area contributed by atoms with Crippen molar-refractivity contribution in [1.29, 1.82) is 0 Å². The van der Waals surface area contributed by atoms with Crippen LogP contribution in [0.15, 0.2) is 18.2 Å². The van der Waals surface area contributed by atoms with Crippen molar-refractivity contribution in [1.82, 2.24) is 10.6 Å². The lowest BCUT2D eigenvalue weighted by molar-refractivity contribution is -0.385. The molecule has 0 saturated heterocycles. The van der Waals surface area contributed by atoms with E-state index in [1.54, 1.807) is 20.1 Å². The Morgan fingerprint density at radius 3 is 2.75 bits per heavy atom. The molecule has 2 N–H and O–H groups in total. The Labute approximate surface area is 117 Å². The van der Waals surface area contributed by atoms with Gasteiger partial charge in [-0.05, 0) is 18.6 Å². The van der Waals surface area contributed by atoms with Gasteiger partial charge in [-0.2, -0.15) is 0 Å². The van der Waals surface area contributed by atoms with Crippen LogP contribution in [0.1, 0.15) is 15.9 Å². The number of carbonyl (C=O) groups is 1. The first-order valence-electron chi connectivity index (χ1n) is 6.29. The number of nitrogens with one attached hydrogen (secondary N) is 2. The van der Waals surface area contributed by atoms with Crippen molar-refractivity contribution >= 4 is 11.6 Å². The zero-order valence-electron chi connectivity index (χ0n) is 11.6. The van der Waals surface area contributed by atoms with E-state index < -0.39 is 10.8 Å². The molecule has 0 saturated carbocycles. The van der Waals surface area contributed by atoms with E-state index in [0.717, 1.165) is 5.56 Å². The highest BCUT2D eigenvalue weighted by molar-refractivity contribution is 5.98. The molecule has 1 amide bonds. The van der Waals surface area contributed by atoms with Crippen molar-refractivity contribution in [2.45, 2.75) is 6.92 Å². The molecule has 20 heavy (non-hydrogen) atoms. The zero-order valence-corrected chi connectivity index (χ0v) is 11.6. The fourth-order valence-corrected chi connectivity index (χ4v) is 1.65. The van der Waals surface area contributed by atoms with Gasteiger partial charge in [-0.25, -0.2) is 0 Å². The molecule has 0 fully saturated rings. The first-order valence-corrected chi connectivity index (χ1v) is 6.29. The van der Waals surface area contributed by atoms with E-state index >= 15 is 0 Å². The third kappa shape index (κ3) is 4.94. The second kappa shape index (κ2) is 8.23. The predicted octanol–water partition coefficient (Wildman–Crippen LogP) is 0.869. The maximum atomic E-state index is 11.9. The number of nitro benzene ring substituents is 1. The Bertz CT molecular complexity index is 477. The maximum Gasteiger partial charge on any atom is 0.282 e. The minimum atomic E-state index is -0.550. The molecule has 0 aliphatic carbocycles. The molecule has 1 aromatic rings. The molecule has 0 spiro atoms. The first-order chi connectivity index (χ1) is 9.56. The summed E-state index contributed by atoms with van der Waals surface area (Å²) in [6, 6.07) is 4.48. The molecule has 0 heterocycles. The van der Waals surface area contributed by atoms with Gasteiger partial charge >= 0.3 is 0 Å². The van der Waals surface area contributed by atoms with Crippen LogP contribution in [0, 0.1) is 17.0 Å². The monoisotopic (exact) mass is 281 g/mol. The molecule has 0 atom stereocenters. The molecule has 1 aromatic carbocycles. The zero-order chi connectivity index (χ0) is 15.0. The number of amides is 1. The predicted molar refractivity (Wildman–Crippen MR) is 74.9 cm³/mol. The minimum absolute atomic E-state index is 0.0897. The third-order valence-corrected chi connectivity index (χ3v) is 2.66. The Hall–Kier alpha value is -1.99. The van der Waals surface area contributed by atoms with Gasteiger partial charge in [-0.1, -0.05) is 6.07 Å².